The maximum Gasteiger partial charge on any atom is 0.229 e. The maximum absolute atomic E-state index is 16.7. The molecule has 0 unspecified atom stereocenters. The standard InChI is InChI=1S/C50H50FN3O2/c1-28(2)40-26-35(33-18-16-32(17-19-33)34-22-24-50(7,8)25-23-34)27-41(29(3)4)45(40)54-43-15-10-9-14-42(43)53-48(54)39-13-11-12-36-37-20-21-38(44(51)47(37)56-46(36)39)49-52-30(5)31(6)55-49/h9-21,26-29,34H,22-25H2,1-8H3/i5D3,6D3,34D. The van der Waals surface area contributed by atoms with Crippen LogP contribution in [0.5, 0.6) is 0 Å². The van der Waals surface area contributed by atoms with Crippen LogP contribution in [0.15, 0.2) is 99.8 Å². The van der Waals surface area contributed by atoms with Gasteiger partial charge in [-0.2, -0.15) is 0 Å². The molecule has 1 saturated carbocycles. The van der Waals surface area contributed by atoms with Crippen molar-refractivity contribution >= 4 is 33.0 Å². The van der Waals surface area contributed by atoms with E-state index in [2.05, 4.69) is 93.6 Å². The number of halogens is 1. The Balaban J connectivity index is 1.20. The highest BCUT2D eigenvalue weighted by molar-refractivity contribution is 6.10. The molecule has 8 aromatic rings. The van der Waals surface area contributed by atoms with Gasteiger partial charge in [0.25, 0.3) is 0 Å². The predicted octanol–water partition coefficient (Wildman–Crippen LogP) is 14.6. The highest BCUT2D eigenvalue weighted by atomic mass is 19.1. The van der Waals surface area contributed by atoms with E-state index in [9.17, 15) is 1.37 Å². The molecule has 1 aliphatic rings. The summed E-state index contributed by atoms with van der Waals surface area (Å²) in [5.41, 5.74) is 8.40. The summed E-state index contributed by atoms with van der Waals surface area (Å²) < 4.78 is 87.4. The molecule has 284 valence electrons. The summed E-state index contributed by atoms with van der Waals surface area (Å²) in [7, 11) is 0. The van der Waals surface area contributed by atoms with E-state index >= 15 is 4.39 Å². The van der Waals surface area contributed by atoms with Crippen molar-refractivity contribution in [1.82, 2.24) is 14.5 Å². The molecule has 0 bridgehead atoms. The molecule has 3 aromatic heterocycles. The smallest absolute Gasteiger partial charge is 0.229 e. The monoisotopic (exact) mass is 750 g/mol. The van der Waals surface area contributed by atoms with E-state index < -0.39 is 42.8 Å². The fraction of sp³-hybridized carbons (Fsp3) is 0.320. The van der Waals surface area contributed by atoms with Crippen molar-refractivity contribution in [2.75, 3.05) is 0 Å². The average Bonchev–Trinajstić information content (AvgIpc) is 3.97. The van der Waals surface area contributed by atoms with Crippen LogP contribution in [-0.2, 0) is 0 Å². The van der Waals surface area contributed by atoms with Gasteiger partial charge < -0.3 is 8.83 Å². The molecule has 3 heterocycles. The van der Waals surface area contributed by atoms with Crippen LogP contribution in [0.1, 0.15) is 123 Å². The van der Waals surface area contributed by atoms with Gasteiger partial charge in [-0.05, 0) is 133 Å². The first-order valence-corrected chi connectivity index (χ1v) is 19.6. The van der Waals surface area contributed by atoms with Crippen LogP contribution in [0.4, 0.5) is 4.39 Å². The van der Waals surface area contributed by atoms with Crippen LogP contribution >= 0.6 is 0 Å². The Hall–Kier alpha value is -5.49. The molecule has 9 rings (SSSR count). The van der Waals surface area contributed by atoms with Crippen molar-refractivity contribution in [2.24, 2.45) is 5.41 Å². The molecule has 1 fully saturated rings. The summed E-state index contributed by atoms with van der Waals surface area (Å²) in [5.74, 6) is -1.90. The summed E-state index contributed by atoms with van der Waals surface area (Å²) in [6.07, 6.45) is 3.80. The zero-order valence-electron chi connectivity index (χ0n) is 39.7. The van der Waals surface area contributed by atoms with Gasteiger partial charge in [0.05, 0.1) is 33.5 Å². The molecule has 0 radical (unpaired) electrons. The van der Waals surface area contributed by atoms with E-state index in [4.69, 9.17) is 22.0 Å². The first-order valence-electron chi connectivity index (χ1n) is 23.1. The number of aromatic nitrogens is 3. The number of aryl methyl sites for hydroxylation is 2. The van der Waals surface area contributed by atoms with Crippen LogP contribution in [0.25, 0.3) is 72.6 Å². The van der Waals surface area contributed by atoms with Gasteiger partial charge in [-0.25, -0.2) is 14.4 Å². The molecule has 1 aliphatic carbocycles. The van der Waals surface area contributed by atoms with Crippen molar-refractivity contribution in [3.63, 3.8) is 0 Å². The third-order valence-electron chi connectivity index (χ3n) is 11.7. The van der Waals surface area contributed by atoms with E-state index in [0.717, 1.165) is 70.2 Å². The molecular weight excluding hydrogens is 694 g/mol. The summed E-state index contributed by atoms with van der Waals surface area (Å²) in [4.78, 5) is 9.22. The van der Waals surface area contributed by atoms with Gasteiger partial charge >= 0.3 is 0 Å². The van der Waals surface area contributed by atoms with Gasteiger partial charge in [0.1, 0.15) is 17.2 Å². The van der Waals surface area contributed by atoms with Crippen LogP contribution in [0.2, 0.25) is 0 Å². The lowest BCUT2D eigenvalue weighted by Crippen LogP contribution is -2.20. The predicted molar refractivity (Wildman–Crippen MR) is 227 cm³/mol. The van der Waals surface area contributed by atoms with Crippen LogP contribution in [0, 0.1) is 24.9 Å². The number of furan rings is 1. The van der Waals surface area contributed by atoms with E-state index in [1.165, 1.54) is 6.07 Å². The third kappa shape index (κ3) is 6.05. The average molecular weight is 751 g/mol. The number of hydrogen-bond donors (Lipinski definition) is 0. The second kappa shape index (κ2) is 13.6. The lowest BCUT2D eigenvalue weighted by molar-refractivity contribution is 0.224. The van der Waals surface area contributed by atoms with Crippen LogP contribution in [-0.4, -0.2) is 14.5 Å². The SMILES string of the molecule is [2H]C([2H])([2H])c1nc(-c2ccc3c(oc4c(-c5nc6ccccc6n5-c5c(C(C)C)cc(-c6ccc(C7([2H])CCC(C)(C)CC7)cc6)cc5C(C)C)cccc43)c2F)oc1C([2H])([2H])[2H]. The first kappa shape index (κ1) is 28.9. The van der Waals surface area contributed by atoms with E-state index in [1.807, 2.05) is 36.4 Å². The molecule has 5 aromatic carbocycles. The Kier molecular flexibility index (Phi) is 7.01. The maximum atomic E-state index is 16.7. The van der Waals surface area contributed by atoms with E-state index in [0.29, 0.717) is 27.7 Å². The summed E-state index contributed by atoms with van der Waals surface area (Å²) in [5, 5.41) is 1.09. The fourth-order valence-corrected chi connectivity index (χ4v) is 8.44. The number of fused-ring (bicyclic) bond motifs is 4. The van der Waals surface area contributed by atoms with Gasteiger partial charge in [-0.1, -0.05) is 90.1 Å². The Morgan fingerprint density at radius 1 is 0.768 bits per heavy atom. The van der Waals surface area contributed by atoms with Gasteiger partial charge in [0.2, 0.25) is 5.89 Å². The summed E-state index contributed by atoms with van der Waals surface area (Å²) in [6.45, 7) is 7.55. The molecule has 6 heteroatoms. The zero-order chi connectivity index (χ0) is 45.0. The van der Waals surface area contributed by atoms with Gasteiger partial charge in [0, 0.05) is 20.4 Å². The number of hydrogen-bond acceptors (Lipinski definition) is 4. The molecule has 0 atom stereocenters. The van der Waals surface area contributed by atoms with Crippen molar-refractivity contribution in [3.8, 4) is 39.7 Å². The second-order valence-electron chi connectivity index (χ2n) is 16.7. The number of benzene rings is 5. The first-order chi connectivity index (χ1) is 29.6. The lowest BCUT2D eigenvalue weighted by atomic mass is 9.71. The highest BCUT2D eigenvalue weighted by Crippen LogP contribution is 2.45. The van der Waals surface area contributed by atoms with Gasteiger partial charge in [0.15, 0.2) is 11.4 Å². The molecule has 0 N–H and O–H groups in total. The highest BCUT2D eigenvalue weighted by Gasteiger charge is 2.29. The van der Waals surface area contributed by atoms with Crippen LogP contribution < -0.4 is 0 Å². The number of nitrogens with zero attached hydrogens (tertiary/aromatic N) is 3. The Morgan fingerprint density at radius 2 is 1.48 bits per heavy atom. The molecule has 0 saturated heterocycles. The van der Waals surface area contributed by atoms with Crippen molar-refractivity contribution in [2.45, 2.75) is 98.7 Å². The quantitative estimate of drug-likeness (QED) is 0.163. The van der Waals surface area contributed by atoms with Crippen LogP contribution in [0.3, 0.4) is 0 Å². The number of oxazole rings is 1. The topological polar surface area (TPSA) is 57.0 Å². The molecule has 0 amide bonds. The molecule has 0 spiro atoms. The number of para-hydroxylation sites is 3. The minimum Gasteiger partial charge on any atom is -0.452 e. The molecular formula is C50H50FN3O2. The van der Waals surface area contributed by atoms with E-state index in [-0.39, 0.29) is 28.4 Å². The summed E-state index contributed by atoms with van der Waals surface area (Å²) >= 11 is 0. The Bertz CT molecular complexity index is 2990. The van der Waals surface area contributed by atoms with Crippen molar-refractivity contribution in [3.05, 3.63) is 125 Å². The largest absolute Gasteiger partial charge is 0.452 e. The second-order valence-corrected chi connectivity index (χ2v) is 16.7. The number of rotatable bonds is 7. The Labute approximate surface area is 338 Å². The molecule has 5 nitrogen and oxygen atoms in total. The summed E-state index contributed by atoms with van der Waals surface area (Å²) in [6, 6.07) is 29.8. The minimum atomic E-state index is -2.93. The van der Waals surface area contributed by atoms with Gasteiger partial charge in [-0.15, -0.1) is 0 Å². The normalized spacial score (nSPS) is 17.8. The van der Waals surface area contributed by atoms with Crippen molar-refractivity contribution < 1.29 is 22.8 Å². The molecule has 56 heavy (non-hydrogen) atoms. The fourth-order valence-electron chi connectivity index (χ4n) is 8.44. The lowest BCUT2D eigenvalue weighted by Gasteiger charge is -2.34. The zero-order valence-corrected chi connectivity index (χ0v) is 32.7. The van der Waals surface area contributed by atoms with E-state index in [1.54, 1.807) is 6.07 Å². The van der Waals surface area contributed by atoms with Crippen molar-refractivity contribution in [1.29, 1.82) is 0 Å². The van der Waals surface area contributed by atoms with Gasteiger partial charge in [-0.3, -0.25) is 4.57 Å². The third-order valence-corrected chi connectivity index (χ3v) is 11.7. The minimum absolute atomic E-state index is 0.106. The molecule has 0 aliphatic heterocycles. The number of imidazole rings is 1. The Morgan fingerprint density at radius 3 is 2.16 bits per heavy atom.